The molecule has 0 spiro atoms. The summed E-state index contributed by atoms with van der Waals surface area (Å²) in [6.07, 6.45) is 0. The first-order valence-corrected chi connectivity index (χ1v) is 12.1. The van der Waals surface area contributed by atoms with E-state index in [1.165, 1.54) is 12.1 Å². The molecule has 1 aromatic carbocycles. The Bertz CT molecular complexity index is 997. The second kappa shape index (κ2) is 10.8. The van der Waals surface area contributed by atoms with Gasteiger partial charge in [-0.15, -0.1) is 10.2 Å². The molecule has 2 rings (SSSR count). The summed E-state index contributed by atoms with van der Waals surface area (Å²) >= 11 is 2.14. The van der Waals surface area contributed by atoms with Gasteiger partial charge in [0.1, 0.15) is 16.8 Å². The van der Waals surface area contributed by atoms with Crippen molar-refractivity contribution in [3.8, 4) is 0 Å². The number of hydrogen-bond donors (Lipinski definition) is 2. The molecule has 1 heterocycles. The van der Waals surface area contributed by atoms with Crippen molar-refractivity contribution in [1.29, 1.82) is 0 Å². The number of thioether (sulfide) groups is 1. The van der Waals surface area contributed by atoms with Crippen molar-refractivity contribution in [3.05, 3.63) is 30.1 Å². The molecule has 30 heavy (non-hydrogen) atoms. The number of benzene rings is 1. The van der Waals surface area contributed by atoms with Crippen LogP contribution in [0.1, 0.15) is 20.8 Å². The van der Waals surface area contributed by atoms with Crippen molar-refractivity contribution in [1.82, 2.24) is 14.9 Å². The SMILES string of the molecule is CCOC(=O)CSc1nnc(NC(=O)[C@@H](NS(=O)(=O)c2ccccc2F)C(C)C)s1. The van der Waals surface area contributed by atoms with Gasteiger partial charge in [0, 0.05) is 0 Å². The van der Waals surface area contributed by atoms with Gasteiger partial charge in [-0.25, -0.2) is 12.8 Å². The minimum Gasteiger partial charge on any atom is -0.465 e. The third kappa shape index (κ3) is 6.72. The number of carbonyl (C=O) groups excluding carboxylic acids is 2. The zero-order valence-corrected chi connectivity index (χ0v) is 18.9. The van der Waals surface area contributed by atoms with Crippen LogP contribution in [0.5, 0.6) is 0 Å². The Morgan fingerprint density at radius 1 is 1.27 bits per heavy atom. The summed E-state index contributed by atoms with van der Waals surface area (Å²) in [4.78, 5) is 23.5. The molecule has 2 aromatic rings. The topological polar surface area (TPSA) is 127 Å². The number of nitrogens with zero attached hydrogens (tertiary/aromatic N) is 2. The van der Waals surface area contributed by atoms with E-state index in [9.17, 15) is 22.4 Å². The van der Waals surface area contributed by atoms with Crippen molar-refractivity contribution in [3.63, 3.8) is 0 Å². The predicted octanol–water partition coefficient (Wildman–Crippen LogP) is 2.27. The summed E-state index contributed by atoms with van der Waals surface area (Å²) in [5, 5.41) is 10.3. The largest absolute Gasteiger partial charge is 0.465 e. The van der Waals surface area contributed by atoms with Gasteiger partial charge >= 0.3 is 5.97 Å². The third-order valence-electron chi connectivity index (χ3n) is 3.61. The number of rotatable bonds is 10. The van der Waals surface area contributed by atoms with Gasteiger partial charge in [-0.2, -0.15) is 4.72 Å². The van der Waals surface area contributed by atoms with E-state index < -0.39 is 44.6 Å². The monoisotopic (exact) mass is 476 g/mol. The van der Waals surface area contributed by atoms with Gasteiger partial charge < -0.3 is 4.74 Å². The molecule has 2 N–H and O–H groups in total. The Labute approximate surface area is 181 Å². The molecule has 0 aliphatic rings. The van der Waals surface area contributed by atoms with Gasteiger partial charge in [0.25, 0.3) is 0 Å². The number of hydrogen-bond acceptors (Lipinski definition) is 9. The minimum atomic E-state index is -4.26. The lowest BCUT2D eigenvalue weighted by Gasteiger charge is -2.21. The minimum absolute atomic E-state index is 0.0491. The Balaban J connectivity index is 2.06. The highest BCUT2D eigenvalue weighted by molar-refractivity contribution is 8.01. The van der Waals surface area contributed by atoms with Gasteiger partial charge in [-0.3, -0.25) is 14.9 Å². The average Bonchev–Trinajstić information content (AvgIpc) is 3.12. The van der Waals surface area contributed by atoms with E-state index in [1.807, 2.05) is 0 Å². The van der Waals surface area contributed by atoms with E-state index >= 15 is 0 Å². The van der Waals surface area contributed by atoms with Crippen LogP contribution >= 0.6 is 23.1 Å². The molecule has 0 unspecified atom stereocenters. The molecule has 0 radical (unpaired) electrons. The zero-order chi connectivity index (χ0) is 22.3. The summed E-state index contributed by atoms with van der Waals surface area (Å²) in [5.41, 5.74) is 0. The maximum Gasteiger partial charge on any atom is 0.316 e. The van der Waals surface area contributed by atoms with Crippen LogP contribution in [0.3, 0.4) is 0 Å². The van der Waals surface area contributed by atoms with Gasteiger partial charge in [0.15, 0.2) is 4.34 Å². The molecule has 0 aliphatic carbocycles. The molecular formula is C17H21FN4O5S3. The van der Waals surface area contributed by atoms with Crippen molar-refractivity contribution in [2.24, 2.45) is 5.92 Å². The molecular weight excluding hydrogens is 455 g/mol. The summed E-state index contributed by atoms with van der Waals surface area (Å²) in [7, 11) is -4.26. The lowest BCUT2D eigenvalue weighted by Crippen LogP contribution is -2.47. The van der Waals surface area contributed by atoms with E-state index in [0.717, 1.165) is 35.2 Å². The predicted molar refractivity (Wildman–Crippen MR) is 111 cm³/mol. The Hall–Kier alpha value is -2.09. The van der Waals surface area contributed by atoms with Gasteiger partial charge in [0.05, 0.1) is 12.4 Å². The van der Waals surface area contributed by atoms with Crippen molar-refractivity contribution < 1.29 is 27.1 Å². The lowest BCUT2D eigenvalue weighted by molar-refractivity contribution is -0.139. The van der Waals surface area contributed by atoms with Gasteiger partial charge in [0.2, 0.25) is 21.1 Å². The number of halogens is 1. The number of esters is 1. The fourth-order valence-corrected chi connectivity index (χ4v) is 5.19. The normalized spacial score (nSPS) is 12.6. The van der Waals surface area contributed by atoms with Gasteiger partial charge in [-0.1, -0.05) is 49.1 Å². The highest BCUT2D eigenvalue weighted by Gasteiger charge is 2.30. The van der Waals surface area contributed by atoms with Crippen LogP contribution in [0, 0.1) is 11.7 Å². The number of carbonyl (C=O) groups is 2. The molecule has 0 fully saturated rings. The number of ether oxygens (including phenoxy) is 1. The molecule has 1 amide bonds. The molecule has 164 valence electrons. The number of amides is 1. The van der Waals surface area contributed by atoms with Crippen LogP contribution in [0.2, 0.25) is 0 Å². The Kier molecular flexibility index (Phi) is 8.70. The van der Waals surface area contributed by atoms with E-state index in [4.69, 9.17) is 4.74 Å². The molecule has 0 saturated carbocycles. The second-order valence-electron chi connectivity index (χ2n) is 6.23. The quantitative estimate of drug-likeness (QED) is 0.304. The lowest BCUT2D eigenvalue weighted by atomic mass is 10.1. The van der Waals surface area contributed by atoms with Crippen molar-refractivity contribution in [2.45, 2.75) is 36.0 Å². The highest BCUT2D eigenvalue weighted by atomic mass is 32.2. The fraction of sp³-hybridized carbons (Fsp3) is 0.412. The molecule has 0 bridgehead atoms. The van der Waals surface area contributed by atoms with E-state index in [1.54, 1.807) is 20.8 Å². The maximum atomic E-state index is 13.9. The molecule has 0 aliphatic heterocycles. The third-order valence-corrected chi connectivity index (χ3v) is 7.03. The number of nitrogens with one attached hydrogen (secondary N) is 2. The smallest absolute Gasteiger partial charge is 0.316 e. The summed E-state index contributed by atoms with van der Waals surface area (Å²) < 4.78 is 46.4. The first-order chi connectivity index (χ1) is 14.1. The molecule has 13 heteroatoms. The van der Waals surface area contributed by atoms with E-state index in [2.05, 4.69) is 20.2 Å². The highest BCUT2D eigenvalue weighted by Crippen LogP contribution is 2.26. The molecule has 1 aromatic heterocycles. The van der Waals surface area contributed by atoms with E-state index in [-0.39, 0.29) is 17.5 Å². The van der Waals surface area contributed by atoms with Crippen LogP contribution in [-0.2, 0) is 24.3 Å². The maximum absolute atomic E-state index is 13.9. The van der Waals surface area contributed by atoms with Crippen LogP contribution in [0.25, 0.3) is 0 Å². The Morgan fingerprint density at radius 3 is 2.60 bits per heavy atom. The van der Waals surface area contributed by atoms with Gasteiger partial charge in [-0.05, 0) is 25.0 Å². The summed E-state index contributed by atoms with van der Waals surface area (Å²) in [6, 6.07) is 3.72. The first-order valence-electron chi connectivity index (χ1n) is 8.83. The van der Waals surface area contributed by atoms with Crippen LogP contribution in [-0.4, -0.2) is 48.9 Å². The Morgan fingerprint density at radius 2 is 1.97 bits per heavy atom. The van der Waals surface area contributed by atoms with Crippen LogP contribution in [0.15, 0.2) is 33.5 Å². The number of anilines is 1. The standard InChI is InChI=1S/C17H21FN4O5S3/c1-4-27-13(23)9-28-17-21-20-16(29-17)19-15(24)14(10(2)3)22-30(25,26)12-8-6-5-7-11(12)18/h5-8,10,14,22H,4,9H2,1-3H3,(H,19,20,24)/t14-/m0/s1. The number of aromatic nitrogens is 2. The van der Waals surface area contributed by atoms with Crippen LogP contribution in [0.4, 0.5) is 9.52 Å². The summed E-state index contributed by atoms with van der Waals surface area (Å²) in [6.45, 7) is 5.27. The average molecular weight is 477 g/mol. The van der Waals surface area contributed by atoms with E-state index in [0.29, 0.717) is 4.34 Å². The zero-order valence-electron chi connectivity index (χ0n) is 16.4. The van der Waals surface area contributed by atoms with Crippen molar-refractivity contribution in [2.75, 3.05) is 17.7 Å². The summed E-state index contributed by atoms with van der Waals surface area (Å²) in [5.74, 6) is -2.36. The van der Waals surface area contributed by atoms with Crippen LogP contribution < -0.4 is 10.0 Å². The first kappa shape index (κ1) is 24.2. The fourth-order valence-electron chi connectivity index (χ4n) is 2.21. The number of sulfonamides is 1. The molecule has 1 atom stereocenters. The van der Waals surface area contributed by atoms with Crippen molar-refractivity contribution >= 4 is 50.1 Å². The molecule has 9 nitrogen and oxygen atoms in total. The molecule has 0 saturated heterocycles. The second-order valence-corrected chi connectivity index (χ2v) is 10.1.